The van der Waals surface area contributed by atoms with Crippen LogP contribution < -0.4 is 0 Å². The van der Waals surface area contributed by atoms with Gasteiger partial charge in [0.15, 0.2) is 0 Å². The third kappa shape index (κ3) is 2.89. The quantitative estimate of drug-likeness (QED) is 0.572. The van der Waals surface area contributed by atoms with Gasteiger partial charge in [0.25, 0.3) is 0 Å². The highest BCUT2D eigenvalue weighted by Crippen LogP contribution is 2.65. The Labute approximate surface area is 161 Å². The Morgan fingerprint density at radius 2 is 1.89 bits per heavy atom. The fraction of sp³-hybridized carbons (Fsp3) is 0.278. The highest BCUT2D eigenvalue weighted by Gasteiger charge is 2.66. The third-order valence-electron chi connectivity index (χ3n) is 4.76. The Bertz CT molecular complexity index is 1060. The van der Waals surface area contributed by atoms with Crippen LogP contribution in [0.15, 0.2) is 42.5 Å². The fourth-order valence-corrected chi connectivity index (χ4v) is 4.39. The maximum absolute atomic E-state index is 13.6. The van der Waals surface area contributed by atoms with Crippen LogP contribution in [0.1, 0.15) is 24.0 Å². The molecule has 140 valence electrons. The molecule has 0 bridgehead atoms. The number of benzene rings is 2. The molecule has 27 heavy (non-hydrogen) atoms. The average Bonchev–Trinajstić information content (AvgIpc) is 2.97. The van der Waals surface area contributed by atoms with Gasteiger partial charge >= 0.3 is 6.18 Å². The number of rotatable bonds is 3. The Kier molecular flexibility index (Phi) is 4.01. The van der Waals surface area contributed by atoms with Gasteiger partial charge < -0.3 is 0 Å². The molecular weight excluding hydrogens is 402 g/mol. The smallest absolute Gasteiger partial charge is 0.300 e. The molecule has 4 nitrogen and oxygen atoms in total. The van der Waals surface area contributed by atoms with E-state index in [9.17, 15) is 18.0 Å². The highest BCUT2D eigenvalue weighted by atomic mass is 35.5. The maximum atomic E-state index is 13.6. The Morgan fingerprint density at radius 1 is 1.19 bits per heavy atom. The van der Waals surface area contributed by atoms with E-state index >= 15 is 0 Å². The van der Waals surface area contributed by atoms with Crippen LogP contribution in [-0.4, -0.2) is 25.1 Å². The third-order valence-corrected chi connectivity index (χ3v) is 5.70. The molecule has 2 aromatic carbocycles. The normalized spacial score (nSPS) is 21.4. The van der Waals surface area contributed by atoms with Crippen molar-refractivity contribution in [2.75, 3.05) is 0 Å². The van der Waals surface area contributed by atoms with Crippen LogP contribution in [0.3, 0.4) is 0 Å². The number of aromatic nitrogens is 3. The zero-order valence-electron chi connectivity index (χ0n) is 13.8. The minimum atomic E-state index is -4.59. The van der Waals surface area contributed by atoms with Crippen LogP contribution in [0.5, 0.6) is 0 Å². The molecule has 3 aromatic rings. The summed E-state index contributed by atoms with van der Waals surface area (Å²) in [6, 6.07) is 10.3. The molecule has 0 spiro atoms. The largest absolute Gasteiger partial charge is 0.418 e. The molecular formula is C18H12Cl2F3N3O. The number of para-hydroxylation sites is 1. The standard InChI is InChI=1S/C18H12Cl2F3N3O/c1-9(27)15-16(17(15,19)20)10-6-7-11(18(21,22)23)14(8-10)26-13-5-3-2-4-12(13)24-25-26/h2-8,15-16H,1H3. The number of hydrogen-bond donors (Lipinski definition) is 0. The van der Waals surface area contributed by atoms with Crippen molar-refractivity contribution in [1.29, 1.82) is 0 Å². The van der Waals surface area contributed by atoms with Crippen molar-refractivity contribution >= 4 is 40.0 Å². The predicted molar refractivity (Wildman–Crippen MR) is 95.2 cm³/mol. The van der Waals surface area contributed by atoms with Gasteiger partial charge in [-0.25, -0.2) is 4.68 Å². The topological polar surface area (TPSA) is 47.8 Å². The van der Waals surface area contributed by atoms with E-state index in [0.29, 0.717) is 16.6 Å². The van der Waals surface area contributed by atoms with E-state index in [1.807, 2.05) is 0 Å². The van der Waals surface area contributed by atoms with Gasteiger partial charge in [0, 0.05) is 5.92 Å². The van der Waals surface area contributed by atoms with E-state index in [2.05, 4.69) is 10.3 Å². The average molecular weight is 414 g/mol. The summed E-state index contributed by atoms with van der Waals surface area (Å²) < 4.78 is 40.5. The second-order valence-corrected chi connectivity index (χ2v) is 7.95. The molecule has 1 aliphatic carbocycles. The van der Waals surface area contributed by atoms with E-state index in [4.69, 9.17) is 23.2 Å². The second-order valence-electron chi connectivity index (χ2n) is 6.50. The van der Waals surface area contributed by atoms with E-state index in [1.54, 1.807) is 24.3 Å². The van der Waals surface area contributed by atoms with Crippen LogP contribution in [0, 0.1) is 5.92 Å². The van der Waals surface area contributed by atoms with Gasteiger partial charge in [-0.05, 0) is 36.8 Å². The first-order valence-electron chi connectivity index (χ1n) is 8.02. The Hall–Kier alpha value is -2.12. The lowest BCUT2D eigenvalue weighted by atomic mass is 10.0. The predicted octanol–water partition coefficient (Wildman–Crippen LogP) is 4.92. The fourth-order valence-electron chi connectivity index (χ4n) is 3.45. The molecule has 0 aliphatic heterocycles. The van der Waals surface area contributed by atoms with Crippen molar-refractivity contribution < 1.29 is 18.0 Å². The van der Waals surface area contributed by atoms with Crippen LogP contribution >= 0.6 is 23.2 Å². The van der Waals surface area contributed by atoms with Crippen LogP contribution in [-0.2, 0) is 11.0 Å². The highest BCUT2D eigenvalue weighted by molar-refractivity contribution is 6.53. The first-order valence-corrected chi connectivity index (χ1v) is 8.78. The lowest BCUT2D eigenvalue weighted by Crippen LogP contribution is -2.12. The maximum Gasteiger partial charge on any atom is 0.418 e. The van der Waals surface area contributed by atoms with Gasteiger partial charge in [0.1, 0.15) is 15.6 Å². The van der Waals surface area contributed by atoms with Gasteiger partial charge in [0.2, 0.25) is 0 Å². The van der Waals surface area contributed by atoms with Crippen molar-refractivity contribution in [2.24, 2.45) is 5.92 Å². The number of hydrogen-bond acceptors (Lipinski definition) is 3. The Balaban J connectivity index is 1.90. The summed E-state index contributed by atoms with van der Waals surface area (Å²) in [4.78, 5) is 11.7. The number of Topliss-reactive ketones (excluding diaryl/α,β-unsaturated/α-hetero) is 1. The van der Waals surface area contributed by atoms with Crippen LogP contribution in [0.25, 0.3) is 16.7 Å². The zero-order chi connectivity index (χ0) is 19.6. The summed E-state index contributed by atoms with van der Waals surface area (Å²) in [5.74, 6) is -1.44. The molecule has 1 saturated carbocycles. The zero-order valence-corrected chi connectivity index (χ0v) is 15.3. The first-order chi connectivity index (χ1) is 12.6. The summed E-state index contributed by atoms with van der Waals surface area (Å²) in [5.41, 5.74) is 0.293. The molecule has 0 saturated heterocycles. The van der Waals surface area contributed by atoms with Gasteiger partial charge in [-0.2, -0.15) is 13.2 Å². The van der Waals surface area contributed by atoms with Crippen LogP contribution in [0.2, 0.25) is 0 Å². The van der Waals surface area contributed by atoms with Gasteiger partial charge in [-0.15, -0.1) is 28.3 Å². The van der Waals surface area contributed by atoms with E-state index < -0.39 is 27.9 Å². The molecule has 1 aliphatic rings. The SMILES string of the molecule is CC(=O)C1C(c2ccc(C(F)(F)F)c(-n3nnc4ccccc43)c2)C1(Cl)Cl. The number of ketones is 1. The molecule has 9 heteroatoms. The first kappa shape index (κ1) is 18.3. The molecule has 1 aromatic heterocycles. The molecule has 2 atom stereocenters. The molecule has 0 N–H and O–H groups in total. The molecule has 2 unspecified atom stereocenters. The molecule has 0 amide bonds. The minimum absolute atomic E-state index is 0.188. The van der Waals surface area contributed by atoms with Crippen LogP contribution in [0.4, 0.5) is 13.2 Å². The molecule has 4 rings (SSSR count). The van der Waals surface area contributed by atoms with Gasteiger partial charge in [-0.3, -0.25) is 4.79 Å². The molecule has 1 fully saturated rings. The number of nitrogens with zero attached hydrogens (tertiary/aromatic N) is 3. The summed E-state index contributed by atoms with van der Waals surface area (Å²) >= 11 is 12.4. The van der Waals surface area contributed by atoms with Gasteiger partial charge in [-0.1, -0.05) is 23.4 Å². The van der Waals surface area contributed by atoms with Crippen molar-refractivity contribution in [3.05, 3.63) is 53.6 Å². The molecule has 1 heterocycles. The number of carbonyl (C=O) groups is 1. The monoisotopic (exact) mass is 413 g/mol. The van der Waals surface area contributed by atoms with Crippen molar-refractivity contribution in [3.63, 3.8) is 0 Å². The number of fused-ring (bicyclic) bond motifs is 1. The Morgan fingerprint density at radius 3 is 2.52 bits per heavy atom. The van der Waals surface area contributed by atoms with Crippen molar-refractivity contribution in [2.45, 2.75) is 23.4 Å². The van der Waals surface area contributed by atoms with Crippen molar-refractivity contribution in [3.8, 4) is 5.69 Å². The minimum Gasteiger partial charge on any atom is -0.300 e. The van der Waals surface area contributed by atoms with E-state index in [-0.39, 0.29) is 11.5 Å². The van der Waals surface area contributed by atoms with E-state index in [0.717, 1.165) is 10.7 Å². The summed E-state index contributed by atoms with van der Waals surface area (Å²) in [5, 5.41) is 7.80. The molecule has 0 radical (unpaired) electrons. The van der Waals surface area contributed by atoms with Gasteiger partial charge in [0.05, 0.1) is 22.7 Å². The lowest BCUT2D eigenvalue weighted by molar-refractivity contribution is -0.137. The number of carbonyl (C=O) groups excluding carboxylic acids is 1. The summed E-state index contributed by atoms with van der Waals surface area (Å²) in [6.07, 6.45) is -4.59. The van der Waals surface area contributed by atoms with E-state index in [1.165, 1.54) is 19.1 Å². The second kappa shape index (κ2) is 5.94. The lowest BCUT2D eigenvalue weighted by Gasteiger charge is -2.15. The summed E-state index contributed by atoms with van der Waals surface area (Å²) in [7, 11) is 0. The van der Waals surface area contributed by atoms with Crippen molar-refractivity contribution in [1.82, 2.24) is 15.0 Å². The number of halogens is 5. The number of alkyl halides is 5. The summed E-state index contributed by atoms with van der Waals surface area (Å²) in [6.45, 7) is 1.36.